The molecular weight excluding hydrogens is 1090 g/mol. The number of phenols is 1. The average Bonchev–Trinajstić information content (AvgIpc) is 4.09. The van der Waals surface area contributed by atoms with E-state index in [2.05, 4.69) is 158 Å². The van der Waals surface area contributed by atoms with Crippen LogP contribution in [0.1, 0.15) is 115 Å². The van der Waals surface area contributed by atoms with Crippen molar-refractivity contribution >= 4 is 11.0 Å². The Morgan fingerprint density at radius 2 is 1.15 bits per heavy atom. The van der Waals surface area contributed by atoms with Crippen LogP contribution in [0.25, 0.3) is 95.0 Å². The van der Waals surface area contributed by atoms with Crippen LogP contribution in [0.3, 0.4) is 0 Å². The molecule has 10 rings (SSSR count). The maximum atomic E-state index is 12.8. The molecule has 5 heteroatoms. The molecule has 0 fully saturated rings. The second-order valence-electron chi connectivity index (χ2n) is 23.0. The Hall–Kier alpha value is -7.13. The molecule has 2 aromatic heterocycles. The van der Waals surface area contributed by atoms with E-state index in [0.29, 0.717) is 28.2 Å². The summed E-state index contributed by atoms with van der Waals surface area (Å²) in [7, 11) is 0. The Kier molecular flexibility index (Phi) is 13.0. The summed E-state index contributed by atoms with van der Waals surface area (Å²) in [6.45, 7) is 20.7. The number of hydrogen-bond acceptors (Lipinski definition) is 3. The number of hydrogen-bond donors (Lipinski definition) is 1. The van der Waals surface area contributed by atoms with Gasteiger partial charge in [-0.1, -0.05) is 226 Å². The number of fused-ring (bicyclic) bond motifs is 1. The number of benzene rings is 8. The van der Waals surface area contributed by atoms with Gasteiger partial charge in [0.05, 0.1) is 22.3 Å². The molecule has 10 aromatic rings. The van der Waals surface area contributed by atoms with Gasteiger partial charge in [0.1, 0.15) is 11.6 Å². The van der Waals surface area contributed by atoms with Crippen molar-refractivity contribution in [3.8, 4) is 89.7 Å². The summed E-state index contributed by atoms with van der Waals surface area (Å²) >= 11 is 0. The first-order valence-corrected chi connectivity index (χ1v) is 25.7. The number of aromatic hydroxyl groups is 1. The summed E-state index contributed by atoms with van der Waals surface area (Å²) in [6, 6.07) is 63.1. The number of aromatic nitrogens is 3. The summed E-state index contributed by atoms with van der Waals surface area (Å²) in [4.78, 5) is 10.6. The fourth-order valence-corrected chi connectivity index (χ4v) is 9.97. The molecule has 75 heavy (non-hydrogen) atoms. The first kappa shape index (κ1) is 47.6. The number of para-hydroxylation sites is 1. The minimum atomic E-state index is -2.51. The van der Waals surface area contributed by atoms with Crippen LogP contribution < -0.4 is 0 Å². The molecule has 0 aliphatic heterocycles. The smallest absolute Gasteiger partial charge is 0.148 e. The van der Waals surface area contributed by atoms with Crippen LogP contribution in [-0.2, 0) is 37.3 Å². The normalized spacial score (nSPS) is 13.2. The molecule has 0 radical (unpaired) electrons. The summed E-state index contributed by atoms with van der Waals surface area (Å²) in [5, 5.41) is 12.8. The summed E-state index contributed by atoms with van der Waals surface area (Å²) in [6.07, 6.45) is 1.83. The molecule has 0 bridgehead atoms. The standard InChI is InChI=1S/C70H68N3O.Pt/c1-44(2)46-26-28-48(29-27-46)51-34-35-71-62(40-51)54-38-52(47-20-15-13-16-21-47)37-53(39-54)57-24-19-25-63-65(57)72-67(60-41-56(69(7,8)9)42-61(66(60)74)70(10,11)12)73(63)64-36-45(3)58(49-22-17-14-18-23-49)43-59(64)50-30-32-55(33-31-50)68(4,5)6;/h13-38,40-44,74H,1-12H3;/q-1;/i3D3,44D;. The predicted molar refractivity (Wildman–Crippen MR) is 312 cm³/mol. The van der Waals surface area contributed by atoms with E-state index in [9.17, 15) is 5.11 Å². The van der Waals surface area contributed by atoms with E-state index in [4.69, 9.17) is 15.5 Å². The maximum absolute atomic E-state index is 12.8. The van der Waals surface area contributed by atoms with Crippen LogP contribution in [0.2, 0.25) is 0 Å². The topological polar surface area (TPSA) is 50.9 Å². The monoisotopic (exact) mass is 1170 g/mol. The van der Waals surface area contributed by atoms with Crippen LogP contribution in [0.5, 0.6) is 5.75 Å². The van der Waals surface area contributed by atoms with Gasteiger partial charge in [-0.15, -0.1) is 23.8 Å². The van der Waals surface area contributed by atoms with Gasteiger partial charge in [0.15, 0.2) is 0 Å². The third kappa shape index (κ3) is 10.6. The molecule has 0 saturated heterocycles. The molecular formula is C70H68N3OPt-. The van der Waals surface area contributed by atoms with Gasteiger partial charge in [-0.3, -0.25) is 9.55 Å². The Bertz CT molecular complexity index is 3850. The van der Waals surface area contributed by atoms with Gasteiger partial charge in [-0.05, 0) is 115 Å². The van der Waals surface area contributed by atoms with Crippen molar-refractivity contribution in [1.29, 1.82) is 0 Å². The Balaban J connectivity index is 0.00000757. The molecule has 0 aliphatic carbocycles. The van der Waals surface area contributed by atoms with E-state index >= 15 is 0 Å². The summed E-state index contributed by atoms with van der Waals surface area (Å²) < 4.78 is 38.1. The molecule has 0 atom stereocenters. The molecule has 0 aliphatic rings. The van der Waals surface area contributed by atoms with E-state index in [1.54, 1.807) is 0 Å². The van der Waals surface area contributed by atoms with Gasteiger partial charge in [0, 0.05) is 49.6 Å². The molecule has 0 amide bonds. The van der Waals surface area contributed by atoms with Gasteiger partial charge in [0.2, 0.25) is 0 Å². The van der Waals surface area contributed by atoms with Crippen LogP contribution in [0, 0.1) is 12.9 Å². The average molecular weight is 1170 g/mol. The molecule has 0 saturated carbocycles. The van der Waals surface area contributed by atoms with Crippen molar-refractivity contribution < 1.29 is 31.7 Å². The first-order chi connectivity index (χ1) is 36.7. The first-order valence-electron chi connectivity index (χ1n) is 27.7. The van der Waals surface area contributed by atoms with Crippen molar-refractivity contribution in [2.24, 2.45) is 0 Å². The SMILES string of the molecule is [2H]C([2H])([2H])c1cc(-n2c(-c3cc(C(C)(C)C)cc(C(C)(C)C)c3O)nc3c(-c4[c-]c(-c5cc(-c6ccc(C([2H])(C)C)cc6)ccn5)cc(-c5ccccc5)c4)cccc32)c(-c2ccc(C(C)(C)C)cc2)cc1-c1ccccc1.[Pt]. The third-order valence-electron chi connectivity index (χ3n) is 14.3. The fraction of sp³-hybridized carbons (Fsp3) is 0.229. The molecule has 380 valence electrons. The van der Waals surface area contributed by atoms with Crippen molar-refractivity contribution in [1.82, 2.24) is 14.5 Å². The number of imidazole rings is 1. The quantitative estimate of drug-likeness (QED) is 0.147. The minimum Gasteiger partial charge on any atom is -0.507 e. The number of phenolic OH excluding ortho intramolecular Hbond substituents is 1. The third-order valence-corrected chi connectivity index (χ3v) is 14.3. The second-order valence-corrected chi connectivity index (χ2v) is 23.0. The van der Waals surface area contributed by atoms with Crippen LogP contribution in [0.4, 0.5) is 0 Å². The van der Waals surface area contributed by atoms with Crippen molar-refractivity contribution in [3.63, 3.8) is 0 Å². The Labute approximate surface area is 465 Å². The van der Waals surface area contributed by atoms with Crippen LogP contribution in [-0.4, -0.2) is 19.6 Å². The molecule has 1 N–H and O–H groups in total. The Morgan fingerprint density at radius 3 is 1.77 bits per heavy atom. The van der Waals surface area contributed by atoms with Crippen LogP contribution >= 0.6 is 0 Å². The van der Waals surface area contributed by atoms with Gasteiger partial charge < -0.3 is 5.11 Å². The zero-order valence-electron chi connectivity index (χ0n) is 48.9. The predicted octanol–water partition coefficient (Wildman–Crippen LogP) is 18.9. The maximum Gasteiger partial charge on any atom is 0.148 e. The van der Waals surface area contributed by atoms with E-state index in [1.165, 1.54) is 5.56 Å². The van der Waals surface area contributed by atoms with Crippen molar-refractivity contribution in [3.05, 3.63) is 216 Å². The molecule has 2 heterocycles. The van der Waals surface area contributed by atoms with Gasteiger partial charge in [-0.25, -0.2) is 4.98 Å². The van der Waals surface area contributed by atoms with E-state index in [-0.39, 0.29) is 43.2 Å². The van der Waals surface area contributed by atoms with E-state index in [1.807, 2.05) is 111 Å². The van der Waals surface area contributed by atoms with Gasteiger partial charge in [0.25, 0.3) is 0 Å². The zero-order valence-corrected chi connectivity index (χ0v) is 47.2. The fourth-order valence-electron chi connectivity index (χ4n) is 9.97. The molecule has 0 spiro atoms. The largest absolute Gasteiger partial charge is 0.507 e. The second kappa shape index (κ2) is 20.5. The summed E-state index contributed by atoms with van der Waals surface area (Å²) in [5.74, 6) is -0.132. The van der Waals surface area contributed by atoms with Crippen LogP contribution in [0.15, 0.2) is 182 Å². The molecule has 8 aromatic carbocycles. The van der Waals surface area contributed by atoms with E-state index < -0.39 is 18.2 Å². The zero-order chi connectivity index (χ0) is 55.7. The van der Waals surface area contributed by atoms with Gasteiger partial charge >= 0.3 is 0 Å². The Morgan fingerprint density at radius 1 is 0.533 bits per heavy atom. The van der Waals surface area contributed by atoms with Crippen molar-refractivity contribution in [2.45, 2.75) is 105 Å². The minimum absolute atomic E-state index is 0. The van der Waals surface area contributed by atoms with Gasteiger partial charge in [-0.2, -0.15) is 0 Å². The van der Waals surface area contributed by atoms with Crippen molar-refractivity contribution in [2.75, 3.05) is 0 Å². The molecule has 4 nitrogen and oxygen atoms in total. The summed E-state index contributed by atoms with van der Waals surface area (Å²) in [5.41, 5.74) is 16.0. The van der Waals surface area contributed by atoms with E-state index in [0.717, 1.165) is 83.5 Å². The number of pyridine rings is 1. The number of rotatable bonds is 9. The number of aryl methyl sites for hydroxylation is 1. The number of nitrogens with zero attached hydrogens (tertiary/aromatic N) is 3. The molecule has 0 unspecified atom stereocenters.